The highest BCUT2D eigenvalue weighted by molar-refractivity contribution is 7.89. The van der Waals surface area contributed by atoms with Crippen molar-refractivity contribution in [2.75, 3.05) is 23.1 Å². The number of piperidine rings is 1. The number of aromatic nitrogens is 4. The van der Waals surface area contributed by atoms with Gasteiger partial charge in [-0.1, -0.05) is 23.7 Å². The Kier molecular flexibility index (Phi) is 7.36. The van der Waals surface area contributed by atoms with Gasteiger partial charge in [-0.25, -0.2) is 26.8 Å². The van der Waals surface area contributed by atoms with E-state index in [0.717, 1.165) is 0 Å². The molecular weight excluding hydrogens is 606 g/mol. The fraction of sp³-hybridized carbons (Fsp3) is 0.192. The number of benzene rings is 2. The van der Waals surface area contributed by atoms with Gasteiger partial charge in [0, 0.05) is 47.8 Å². The normalized spacial score (nSPS) is 16.5. The van der Waals surface area contributed by atoms with E-state index in [1.807, 2.05) is 4.72 Å². The second kappa shape index (κ2) is 11.0. The largest absolute Gasteiger partial charge is 0.731 e. The highest BCUT2D eigenvalue weighted by atomic mass is 35.5. The number of anilines is 2. The van der Waals surface area contributed by atoms with Gasteiger partial charge in [0.15, 0.2) is 10.3 Å². The molecule has 1 atom stereocenters. The van der Waals surface area contributed by atoms with Crippen molar-refractivity contribution in [1.29, 1.82) is 0 Å². The van der Waals surface area contributed by atoms with Gasteiger partial charge in [0.05, 0.1) is 10.6 Å². The number of halogens is 1. The molecule has 4 heterocycles. The van der Waals surface area contributed by atoms with E-state index in [2.05, 4.69) is 15.3 Å². The van der Waals surface area contributed by atoms with Crippen LogP contribution in [0.15, 0.2) is 82.6 Å². The van der Waals surface area contributed by atoms with Crippen LogP contribution in [0.5, 0.6) is 0 Å². The van der Waals surface area contributed by atoms with E-state index in [1.165, 1.54) is 34.8 Å². The van der Waals surface area contributed by atoms with Crippen LogP contribution in [0, 0.1) is 0 Å². The first kappa shape index (κ1) is 28.1. The molecule has 6 rings (SSSR count). The lowest BCUT2D eigenvalue weighted by Gasteiger charge is -2.32. The second-order valence-electron chi connectivity index (χ2n) is 9.57. The van der Waals surface area contributed by atoms with Gasteiger partial charge in [0.25, 0.3) is 0 Å². The number of hydrogen-bond acceptors (Lipinski definition) is 10. The molecule has 218 valence electrons. The molecule has 0 saturated carbocycles. The lowest BCUT2D eigenvalue weighted by Crippen LogP contribution is -2.45. The number of fused-ring (bicyclic) bond motifs is 1. The van der Waals surface area contributed by atoms with Crippen LogP contribution in [0.4, 0.5) is 11.6 Å². The van der Waals surface area contributed by atoms with Gasteiger partial charge < -0.3 is 14.3 Å². The Morgan fingerprint density at radius 2 is 1.86 bits per heavy atom. The first-order chi connectivity index (χ1) is 20.1. The number of sulfonamides is 1. The van der Waals surface area contributed by atoms with E-state index in [0.29, 0.717) is 53.0 Å². The molecule has 16 heteroatoms. The molecule has 42 heavy (non-hydrogen) atoms. The van der Waals surface area contributed by atoms with Crippen molar-refractivity contribution >= 4 is 49.4 Å². The number of hydrogen-bond donors (Lipinski definition) is 2. The van der Waals surface area contributed by atoms with Gasteiger partial charge in [0.1, 0.15) is 17.7 Å². The minimum absolute atomic E-state index is 0.0820. The average molecular weight is 629 g/mol. The summed E-state index contributed by atoms with van der Waals surface area (Å²) in [6.45, 7) is 0.619. The highest BCUT2D eigenvalue weighted by Crippen LogP contribution is 2.34. The second-order valence-corrected chi connectivity index (χ2v) is 13.1. The number of nitrogens with one attached hydrogen (secondary N) is 2. The molecule has 0 bridgehead atoms. The summed E-state index contributed by atoms with van der Waals surface area (Å²) < 4.78 is 70.7. The zero-order valence-electron chi connectivity index (χ0n) is 21.7. The van der Waals surface area contributed by atoms with Crippen LogP contribution in [0.1, 0.15) is 12.8 Å². The van der Waals surface area contributed by atoms with Crippen LogP contribution in [-0.2, 0) is 20.3 Å². The smallest absolute Gasteiger partial charge is 0.306 e. The molecule has 13 nitrogen and oxygen atoms in total. The van der Waals surface area contributed by atoms with E-state index in [9.17, 15) is 21.4 Å². The van der Waals surface area contributed by atoms with Gasteiger partial charge in [-0.05, 0) is 55.3 Å². The molecule has 5 aromatic rings. The van der Waals surface area contributed by atoms with E-state index < -0.39 is 20.3 Å². The van der Waals surface area contributed by atoms with Crippen LogP contribution in [0.25, 0.3) is 28.5 Å². The van der Waals surface area contributed by atoms with Gasteiger partial charge >= 0.3 is 5.84 Å². The first-order valence-corrected chi connectivity index (χ1v) is 15.9. The van der Waals surface area contributed by atoms with Crippen molar-refractivity contribution in [2.45, 2.75) is 23.8 Å². The molecule has 0 aliphatic carbocycles. The third kappa shape index (κ3) is 5.82. The summed E-state index contributed by atoms with van der Waals surface area (Å²) in [5.41, 5.74) is 2.05. The summed E-state index contributed by atoms with van der Waals surface area (Å²) in [6, 6.07) is 13.8. The van der Waals surface area contributed by atoms with Gasteiger partial charge in [-0.3, -0.25) is 9.12 Å². The summed E-state index contributed by atoms with van der Waals surface area (Å²) in [5.74, 6) is 0.568. The molecular formula is C26H23ClN7O6S2-. The Hall–Kier alpha value is -4.02. The van der Waals surface area contributed by atoms with Gasteiger partial charge in [-0.2, -0.15) is 9.29 Å². The summed E-state index contributed by atoms with van der Waals surface area (Å²) in [6.07, 6.45) is 6.07. The molecule has 1 aliphatic rings. The fourth-order valence-corrected chi connectivity index (χ4v) is 6.95. The van der Waals surface area contributed by atoms with E-state index in [4.69, 9.17) is 21.0 Å². The predicted octanol–water partition coefficient (Wildman–Crippen LogP) is 3.84. The van der Waals surface area contributed by atoms with Crippen molar-refractivity contribution in [3.05, 3.63) is 78.3 Å². The number of rotatable bonds is 8. The molecule has 1 fully saturated rings. The Balaban J connectivity index is 1.28. The Bertz CT molecular complexity index is 1980. The Labute approximate surface area is 246 Å². The SMILES string of the molecule is O=S(=O)([O-])Nc1cccc(-c2nc3occn3c2-c2ccnc(N[C@@H]3CCCN(S(=O)(=O)c4ccc(Cl)cc4)C3)n2)c1. The molecule has 2 N–H and O–H groups in total. The summed E-state index contributed by atoms with van der Waals surface area (Å²) >= 11 is 5.93. The molecule has 0 spiro atoms. The van der Waals surface area contributed by atoms with Crippen LogP contribution in [0.3, 0.4) is 0 Å². The van der Waals surface area contributed by atoms with E-state index in [1.54, 1.807) is 47.1 Å². The molecule has 1 saturated heterocycles. The lowest BCUT2D eigenvalue weighted by molar-refractivity contribution is 0.326. The van der Waals surface area contributed by atoms with Crippen molar-refractivity contribution in [3.8, 4) is 22.6 Å². The molecule has 0 amide bonds. The first-order valence-electron chi connectivity index (χ1n) is 12.7. The van der Waals surface area contributed by atoms with Crippen molar-refractivity contribution < 1.29 is 25.8 Å². The van der Waals surface area contributed by atoms with E-state index >= 15 is 0 Å². The van der Waals surface area contributed by atoms with Crippen LogP contribution in [0.2, 0.25) is 5.02 Å². The van der Waals surface area contributed by atoms with Crippen molar-refractivity contribution in [3.63, 3.8) is 0 Å². The van der Waals surface area contributed by atoms with E-state index in [-0.39, 0.29) is 29.0 Å². The zero-order chi connectivity index (χ0) is 29.5. The molecule has 1 aliphatic heterocycles. The molecule has 3 aromatic heterocycles. The minimum atomic E-state index is -4.72. The summed E-state index contributed by atoms with van der Waals surface area (Å²) in [5, 5.41) is 3.72. The maximum atomic E-state index is 13.2. The maximum absolute atomic E-state index is 13.2. The van der Waals surface area contributed by atoms with Crippen LogP contribution < -0.4 is 10.0 Å². The number of imidazole rings is 1. The minimum Gasteiger partial charge on any atom is -0.731 e. The number of oxazole rings is 1. The summed E-state index contributed by atoms with van der Waals surface area (Å²) in [7, 11) is -8.43. The van der Waals surface area contributed by atoms with Gasteiger partial charge in [0.2, 0.25) is 16.0 Å². The highest BCUT2D eigenvalue weighted by Gasteiger charge is 2.31. The standard InChI is InChI=1S/C26H24ClN7O6S2/c27-18-6-8-21(9-7-18)41(35,36)33-12-2-5-20(16-33)29-25-28-11-10-22(30-25)24-23(31-26-34(24)13-14-40-26)17-3-1-4-19(15-17)32-42(37,38)39/h1,3-4,6-11,13-15,20,32H,2,5,12,16H2,(H,28,29,30)(H,37,38,39)/p-1/t20-/m1/s1. The quantitative estimate of drug-likeness (QED) is 0.240. The third-order valence-electron chi connectivity index (χ3n) is 6.71. The fourth-order valence-electron chi connectivity index (χ4n) is 4.88. The van der Waals surface area contributed by atoms with Crippen LogP contribution >= 0.6 is 11.6 Å². The zero-order valence-corrected chi connectivity index (χ0v) is 24.1. The topological polar surface area (TPSA) is 175 Å². The third-order valence-corrected chi connectivity index (χ3v) is 9.32. The lowest BCUT2D eigenvalue weighted by atomic mass is 10.1. The maximum Gasteiger partial charge on any atom is 0.306 e. The van der Waals surface area contributed by atoms with Crippen LogP contribution in [-0.4, -0.2) is 64.2 Å². The molecule has 0 radical (unpaired) electrons. The Morgan fingerprint density at radius 1 is 1.05 bits per heavy atom. The molecule has 2 aromatic carbocycles. The predicted molar refractivity (Wildman–Crippen MR) is 154 cm³/mol. The Morgan fingerprint density at radius 3 is 2.64 bits per heavy atom. The monoisotopic (exact) mass is 628 g/mol. The van der Waals surface area contributed by atoms with Crippen molar-refractivity contribution in [2.24, 2.45) is 0 Å². The summed E-state index contributed by atoms with van der Waals surface area (Å²) in [4.78, 5) is 13.8. The number of nitrogens with zero attached hydrogens (tertiary/aromatic N) is 5. The van der Waals surface area contributed by atoms with Gasteiger partial charge in [-0.15, -0.1) is 0 Å². The average Bonchev–Trinajstić information content (AvgIpc) is 3.55. The molecule has 0 unspecified atom stereocenters. The van der Waals surface area contributed by atoms with Crippen molar-refractivity contribution in [1.82, 2.24) is 23.7 Å².